The molecule has 0 aliphatic carbocycles. The van der Waals surface area contributed by atoms with E-state index in [1.54, 1.807) is 0 Å². The fraction of sp³-hybridized carbons (Fsp3) is 0.640. The maximum Gasteiger partial charge on any atom is 0.320 e. The van der Waals surface area contributed by atoms with E-state index in [-0.39, 0.29) is 49.1 Å². The van der Waals surface area contributed by atoms with E-state index in [9.17, 15) is 39.0 Å². The maximum atomic E-state index is 13.3. The van der Waals surface area contributed by atoms with Gasteiger partial charge < -0.3 is 46.6 Å². The lowest BCUT2D eigenvalue weighted by molar-refractivity contribution is -0.140. The molecule has 0 radical (unpaired) electrons. The number of Topliss-reactive ketones (excluding diaryl/α,β-unsaturated/α-hetero) is 1. The third-order valence-corrected chi connectivity index (χ3v) is 12.7. The van der Waals surface area contributed by atoms with Gasteiger partial charge in [-0.15, -0.1) is 34.8 Å². The van der Waals surface area contributed by atoms with Crippen LogP contribution in [-0.4, -0.2) is 134 Å². The zero-order chi connectivity index (χ0) is 49.5. The molecule has 388 valence electrons. The third-order valence-electron chi connectivity index (χ3n) is 12.2. The Balaban J connectivity index is 0. The number of halogens is 3. The van der Waals surface area contributed by atoms with Crippen LogP contribution in [0, 0.1) is 5.92 Å². The molecule has 1 aliphatic rings. The molecule has 1 saturated heterocycles. The number of ketones is 1. The minimum atomic E-state index is -0.934. The number of hydrogen-bond acceptors (Lipinski definition) is 10. The van der Waals surface area contributed by atoms with Crippen molar-refractivity contribution in [3.63, 3.8) is 0 Å². The van der Waals surface area contributed by atoms with Crippen LogP contribution >= 0.6 is 34.8 Å². The van der Waals surface area contributed by atoms with Crippen molar-refractivity contribution in [2.75, 3.05) is 79.8 Å². The molecular weight excluding hydrogens is 933 g/mol. The highest BCUT2D eigenvalue weighted by atomic mass is 35.5. The van der Waals surface area contributed by atoms with E-state index in [1.165, 1.54) is 0 Å². The normalized spacial score (nSPS) is 17.4. The number of aryl methyl sites for hydroxylation is 2. The molecule has 68 heavy (non-hydrogen) atoms. The lowest BCUT2D eigenvalue weighted by atomic mass is 9.93. The molecule has 0 saturated carbocycles. The zero-order valence-corrected chi connectivity index (χ0v) is 42.2. The summed E-state index contributed by atoms with van der Waals surface area (Å²) in [6.45, 7) is 6.37. The van der Waals surface area contributed by atoms with Crippen molar-refractivity contribution in [2.45, 2.75) is 128 Å². The smallest absolute Gasteiger partial charge is 0.320 e. The summed E-state index contributed by atoms with van der Waals surface area (Å²) in [7, 11) is 0. The summed E-state index contributed by atoms with van der Waals surface area (Å²) in [6, 6.07) is 13.8. The molecule has 3 amide bonds. The molecule has 1 aliphatic heterocycles. The van der Waals surface area contributed by atoms with E-state index in [4.69, 9.17) is 34.8 Å². The SMILES string of the molecule is CCCN(CCCl)c1ccc(CC[C@@H](NCCCC[C@@H]2NC(=O)CCNC(=O)[C@H](CCCCN[C@@H](CCc3ccc(N(CCCl)CCCl)cc3)C(=O)O)CC(=O)CCCCNC2=O)C(=O)O)cc1.[HH].[HH].[HH].[HH]. The van der Waals surface area contributed by atoms with Gasteiger partial charge in [0.25, 0.3) is 0 Å². The van der Waals surface area contributed by atoms with Crippen LogP contribution in [0.15, 0.2) is 48.5 Å². The van der Waals surface area contributed by atoms with E-state index < -0.39 is 41.9 Å². The van der Waals surface area contributed by atoms with E-state index in [2.05, 4.69) is 43.3 Å². The lowest BCUT2D eigenvalue weighted by Gasteiger charge is -2.23. The monoisotopic (exact) mass is 1020 g/mol. The molecule has 1 heterocycles. The minimum Gasteiger partial charge on any atom is -0.480 e. The average Bonchev–Trinajstić information content (AvgIpc) is 3.31. The highest BCUT2D eigenvalue weighted by Crippen LogP contribution is 2.20. The number of nitrogens with zero attached hydrogens (tertiary/aromatic N) is 2. The van der Waals surface area contributed by atoms with Crippen molar-refractivity contribution in [2.24, 2.45) is 5.92 Å². The van der Waals surface area contributed by atoms with Crippen molar-refractivity contribution < 1.29 is 44.7 Å². The third kappa shape index (κ3) is 23.0. The van der Waals surface area contributed by atoms with Crippen LogP contribution in [0.2, 0.25) is 0 Å². The van der Waals surface area contributed by atoms with Crippen LogP contribution in [0.3, 0.4) is 0 Å². The van der Waals surface area contributed by atoms with Crippen LogP contribution in [0.25, 0.3) is 0 Å². The molecule has 0 bridgehead atoms. The van der Waals surface area contributed by atoms with Gasteiger partial charge in [-0.25, -0.2) is 0 Å². The van der Waals surface area contributed by atoms with Gasteiger partial charge in [0.2, 0.25) is 17.7 Å². The van der Waals surface area contributed by atoms with Crippen molar-refractivity contribution >= 4 is 81.6 Å². The first-order chi connectivity index (χ1) is 32.9. The van der Waals surface area contributed by atoms with Gasteiger partial charge >= 0.3 is 11.9 Å². The highest BCUT2D eigenvalue weighted by Gasteiger charge is 2.25. The Labute approximate surface area is 424 Å². The molecule has 3 rings (SSSR count). The molecule has 7 N–H and O–H groups in total. The number of carbonyl (C=O) groups is 6. The molecular formula is C50H84Cl3N7O8. The van der Waals surface area contributed by atoms with Crippen LogP contribution < -0.4 is 36.4 Å². The molecule has 0 unspecified atom stereocenters. The molecule has 2 aromatic rings. The number of benzene rings is 2. The number of unbranched alkanes of at least 4 members (excludes halogenated alkanes) is 2. The average molecular weight is 1020 g/mol. The topological polar surface area (TPSA) is 210 Å². The Morgan fingerprint density at radius 1 is 0.676 bits per heavy atom. The molecule has 0 spiro atoms. The second kappa shape index (κ2) is 34.2. The van der Waals surface area contributed by atoms with Crippen LogP contribution in [-0.2, 0) is 41.6 Å². The minimum absolute atomic E-state index is 0. The summed E-state index contributed by atoms with van der Waals surface area (Å²) >= 11 is 17.9. The molecule has 18 heteroatoms. The van der Waals surface area contributed by atoms with Gasteiger partial charge in [-0.2, -0.15) is 0 Å². The Morgan fingerprint density at radius 3 is 1.68 bits per heavy atom. The summed E-state index contributed by atoms with van der Waals surface area (Å²) in [5.41, 5.74) is 4.17. The van der Waals surface area contributed by atoms with Crippen LogP contribution in [0.5, 0.6) is 0 Å². The number of nitrogens with one attached hydrogen (secondary N) is 5. The first-order valence-corrected chi connectivity index (χ1v) is 26.1. The standard InChI is InChI=1S/C50H76Cl3N7O8.4H2/c1-2-32-59(33-25-51)40-18-12-37(13-19-40)16-23-45(50(67)68)55-29-8-5-11-43-48(64)56-30-7-4-10-42(61)36-39(47(63)57-31-24-46(62)58-43)9-3-6-28-54-44(49(65)66)22-17-38-14-20-41(21-15-38)60(34-26-52)35-27-53;;;;/h12-15,18-21,39,43-45,54-55H,2-11,16-17,22-36H2,1H3,(H,56,64)(H,57,63)(H,58,62)(H,65,66)(H,67,68);4*1H/t39-,43+,44+,45-;;;;/m1..../s1. The summed E-state index contributed by atoms with van der Waals surface area (Å²) in [4.78, 5) is 81.1. The van der Waals surface area contributed by atoms with E-state index in [1.807, 2.05) is 48.5 Å². The molecule has 0 aromatic heterocycles. The number of amides is 3. The lowest BCUT2D eigenvalue weighted by Crippen LogP contribution is -2.47. The Bertz CT molecular complexity index is 1820. The second-order valence-corrected chi connectivity index (χ2v) is 18.6. The Morgan fingerprint density at radius 2 is 1.18 bits per heavy atom. The Hall–Kier alpha value is -4.15. The van der Waals surface area contributed by atoms with Crippen LogP contribution in [0.1, 0.15) is 114 Å². The fourth-order valence-electron chi connectivity index (χ4n) is 8.32. The number of carboxylic acids is 2. The molecule has 2 aromatic carbocycles. The van der Waals surface area contributed by atoms with Gasteiger partial charge in [-0.1, -0.05) is 37.6 Å². The van der Waals surface area contributed by atoms with Gasteiger partial charge in [0.05, 0.1) is 0 Å². The molecule has 4 atom stereocenters. The summed E-state index contributed by atoms with van der Waals surface area (Å²) < 4.78 is 0. The number of alkyl halides is 3. The number of rotatable bonds is 30. The predicted octanol–water partition coefficient (Wildman–Crippen LogP) is 7.27. The molecule has 1 fully saturated rings. The summed E-state index contributed by atoms with van der Waals surface area (Å²) in [5.74, 6) is -2.03. The number of hydrogen-bond donors (Lipinski definition) is 7. The van der Waals surface area contributed by atoms with Crippen LogP contribution in [0.4, 0.5) is 11.4 Å². The Kier molecular flexibility index (Phi) is 29.3. The number of aliphatic carboxylic acids is 2. The summed E-state index contributed by atoms with van der Waals surface area (Å²) in [6.07, 6.45) is 7.46. The maximum absolute atomic E-state index is 13.3. The van der Waals surface area contributed by atoms with Crippen molar-refractivity contribution in [3.05, 3.63) is 59.7 Å². The second-order valence-electron chi connectivity index (χ2n) is 17.5. The number of anilines is 2. The van der Waals surface area contributed by atoms with E-state index in [0.29, 0.717) is 127 Å². The largest absolute Gasteiger partial charge is 0.480 e. The number of carboxylic acid groups (broad SMARTS) is 2. The fourth-order valence-corrected chi connectivity index (χ4v) is 8.93. The highest BCUT2D eigenvalue weighted by molar-refractivity contribution is 6.18. The van der Waals surface area contributed by atoms with Crippen molar-refractivity contribution in [1.82, 2.24) is 26.6 Å². The molecule has 15 nitrogen and oxygen atoms in total. The van der Waals surface area contributed by atoms with E-state index in [0.717, 1.165) is 42.0 Å². The predicted molar refractivity (Wildman–Crippen MR) is 281 cm³/mol. The van der Waals surface area contributed by atoms with Gasteiger partial charge in [0, 0.05) is 99.2 Å². The van der Waals surface area contributed by atoms with Gasteiger partial charge in [-0.3, -0.25) is 28.8 Å². The first-order valence-electron chi connectivity index (χ1n) is 24.5. The first kappa shape index (κ1) is 58.2. The van der Waals surface area contributed by atoms with Gasteiger partial charge in [-0.05, 0) is 126 Å². The summed E-state index contributed by atoms with van der Waals surface area (Å²) in [5, 5.41) is 34.6. The van der Waals surface area contributed by atoms with Crippen molar-refractivity contribution in [1.29, 1.82) is 0 Å². The zero-order valence-electron chi connectivity index (χ0n) is 39.9. The number of carbonyl (C=O) groups excluding carboxylic acids is 4. The van der Waals surface area contributed by atoms with Crippen molar-refractivity contribution in [3.8, 4) is 0 Å². The van der Waals surface area contributed by atoms with Gasteiger partial charge in [0.15, 0.2) is 0 Å². The van der Waals surface area contributed by atoms with E-state index >= 15 is 0 Å². The quantitative estimate of drug-likeness (QED) is 0.0305. The van der Waals surface area contributed by atoms with Gasteiger partial charge in [0.1, 0.15) is 23.9 Å².